The molecule has 2 aromatic carbocycles. The number of H-pyrrole nitrogens is 1. The topological polar surface area (TPSA) is 71.8 Å². The molecule has 0 aliphatic heterocycles. The highest BCUT2D eigenvalue weighted by Gasteiger charge is 2.10. The summed E-state index contributed by atoms with van der Waals surface area (Å²) in [5, 5.41) is 10.5. The van der Waals surface area contributed by atoms with Crippen LogP contribution in [-0.4, -0.2) is 21.0 Å². The van der Waals surface area contributed by atoms with E-state index in [1.807, 2.05) is 18.2 Å². The molecule has 0 saturated heterocycles. The normalized spacial score (nSPS) is 10.6. The molecule has 0 unspecified atom stereocenters. The molecule has 0 aliphatic carbocycles. The first-order chi connectivity index (χ1) is 13.2. The van der Waals surface area contributed by atoms with Crippen molar-refractivity contribution in [1.82, 2.24) is 15.2 Å². The molecule has 5 nitrogen and oxygen atoms in total. The molecular formula is C22H17N3O2. The Hall–Kier alpha value is -3.65. The summed E-state index contributed by atoms with van der Waals surface area (Å²) in [6.07, 6.45) is 0.979. The largest absolute Gasteiger partial charge is 0.444 e. The number of carbonyl (C=O) groups excluding carboxylic acids is 1. The Morgan fingerprint density at radius 1 is 1.04 bits per heavy atom. The van der Waals surface area contributed by atoms with Gasteiger partial charge < -0.3 is 14.2 Å². The maximum Gasteiger partial charge on any atom is 0.197 e. The fourth-order valence-electron chi connectivity index (χ4n) is 2.75. The van der Waals surface area contributed by atoms with Gasteiger partial charge >= 0.3 is 0 Å². The third-order valence-corrected chi connectivity index (χ3v) is 4.17. The zero-order valence-corrected chi connectivity index (χ0v) is 14.8. The van der Waals surface area contributed by atoms with Crippen LogP contribution in [0.15, 0.2) is 59.0 Å². The van der Waals surface area contributed by atoms with Crippen molar-refractivity contribution in [2.75, 3.05) is 0 Å². The van der Waals surface area contributed by atoms with Crippen LogP contribution in [0.25, 0.3) is 22.4 Å². The Balaban J connectivity index is 1.51. The minimum Gasteiger partial charge on any atom is -0.444 e. The Labute approximate surface area is 156 Å². The maximum absolute atomic E-state index is 11.1. The Morgan fingerprint density at radius 2 is 1.89 bits per heavy atom. The monoisotopic (exact) mass is 355 g/mol. The van der Waals surface area contributed by atoms with Crippen molar-refractivity contribution in [1.29, 1.82) is 0 Å². The molecule has 0 aliphatic rings. The maximum atomic E-state index is 11.1. The zero-order valence-electron chi connectivity index (χ0n) is 14.8. The number of carbonyl (C=O) groups is 1. The van der Waals surface area contributed by atoms with E-state index in [1.54, 1.807) is 19.1 Å². The van der Waals surface area contributed by atoms with Crippen LogP contribution < -0.4 is 0 Å². The van der Waals surface area contributed by atoms with Crippen LogP contribution in [-0.2, 0) is 11.2 Å². The quantitative estimate of drug-likeness (QED) is 0.559. The van der Waals surface area contributed by atoms with E-state index in [4.69, 9.17) is 4.42 Å². The van der Waals surface area contributed by atoms with Crippen LogP contribution in [0.2, 0.25) is 0 Å². The number of furan rings is 1. The molecule has 1 N–H and O–H groups in total. The van der Waals surface area contributed by atoms with Crippen molar-refractivity contribution >= 4 is 16.6 Å². The van der Waals surface area contributed by atoms with Gasteiger partial charge in [-0.1, -0.05) is 36.3 Å². The third kappa shape index (κ3) is 3.96. The van der Waals surface area contributed by atoms with E-state index in [1.165, 1.54) is 5.39 Å². The van der Waals surface area contributed by atoms with E-state index in [2.05, 4.69) is 51.3 Å². The number of nitrogens with one attached hydrogen (secondary N) is 1. The second-order valence-corrected chi connectivity index (χ2v) is 6.30. The number of aromatic nitrogens is 3. The van der Waals surface area contributed by atoms with E-state index in [-0.39, 0.29) is 5.78 Å². The van der Waals surface area contributed by atoms with E-state index in [0.29, 0.717) is 36.0 Å². The van der Waals surface area contributed by atoms with Crippen molar-refractivity contribution in [2.24, 2.45) is 0 Å². The van der Waals surface area contributed by atoms with Crippen molar-refractivity contribution in [2.45, 2.75) is 19.8 Å². The minimum absolute atomic E-state index is 0.122. The molecule has 0 atom stereocenters. The summed E-state index contributed by atoms with van der Waals surface area (Å²) < 4.78 is 5.74. The first kappa shape index (κ1) is 16.8. The summed E-state index contributed by atoms with van der Waals surface area (Å²) in [6.45, 7) is 1.56. The molecule has 0 bridgehead atoms. The fourth-order valence-corrected chi connectivity index (χ4v) is 2.75. The van der Waals surface area contributed by atoms with Crippen molar-refractivity contribution < 1.29 is 9.21 Å². The molecular weight excluding hydrogens is 338 g/mol. The van der Waals surface area contributed by atoms with Crippen molar-refractivity contribution in [3.05, 3.63) is 71.7 Å². The SMILES string of the molecule is CC(=O)CCc1nnc(-c2ccc(C#Cc3ccc4ccccc4c3)o2)[nH]1. The van der Waals surface area contributed by atoms with Crippen LogP contribution >= 0.6 is 0 Å². The Bertz CT molecular complexity index is 1170. The number of rotatable bonds is 4. The fraction of sp³-hybridized carbons (Fsp3) is 0.136. The molecule has 2 aromatic heterocycles. The highest BCUT2D eigenvalue weighted by Crippen LogP contribution is 2.19. The number of ketones is 1. The van der Waals surface area contributed by atoms with Gasteiger partial charge in [0.2, 0.25) is 0 Å². The van der Waals surface area contributed by atoms with Crippen LogP contribution in [0.3, 0.4) is 0 Å². The number of fused-ring (bicyclic) bond motifs is 1. The molecule has 4 rings (SSSR count). The summed E-state index contributed by atoms with van der Waals surface area (Å²) >= 11 is 0. The van der Waals surface area contributed by atoms with Crippen LogP contribution in [0, 0.1) is 11.8 Å². The van der Waals surface area contributed by atoms with E-state index in [0.717, 1.165) is 10.9 Å². The molecule has 0 fully saturated rings. The van der Waals surface area contributed by atoms with Crippen molar-refractivity contribution in [3.63, 3.8) is 0 Å². The third-order valence-electron chi connectivity index (χ3n) is 4.17. The van der Waals surface area contributed by atoms with Gasteiger partial charge in [-0.3, -0.25) is 0 Å². The van der Waals surface area contributed by atoms with Crippen LogP contribution in [0.5, 0.6) is 0 Å². The van der Waals surface area contributed by atoms with E-state index >= 15 is 0 Å². The number of Topliss-reactive ketones (excluding diaryl/α,β-unsaturated/α-hetero) is 1. The van der Waals surface area contributed by atoms with Gasteiger partial charge in [0, 0.05) is 18.4 Å². The predicted octanol–water partition coefficient (Wildman–Crippen LogP) is 4.14. The molecule has 4 aromatic rings. The van der Waals surface area contributed by atoms with E-state index < -0.39 is 0 Å². The van der Waals surface area contributed by atoms with Crippen LogP contribution in [0.1, 0.15) is 30.5 Å². The lowest BCUT2D eigenvalue weighted by atomic mass is 10.1. The summed E-state index contributed by atoms with van der Waals surface area (Å²) in [6, 6.07) is 17.9. The summed E-state index contributed by atoms with van der Waals surface area (Å²) in [4.78, 5) is 14.1. The molecule has 0 amide bonds. The van der Waals surface area contributed by atoms with Gasteiger partial charge in [0.15, 0.2) is 17.3 Å². The van der Waals surface area contributed by atoms with Gasteiger partial charge in [-0.05, 0) is 47.9 Å². The zero-order chi connectivity index (χ0) is 18.6. The number of nitrogens with zero attached hydrogens (tertiary/aromatic N) is 2. The lowest BCUT2D eigenvalue weighted by molar-refractivity contribution is -0.117. The molecule has 2 heterocycles. The minimum atomic E-state index is 0.122. The molecule has 0 radical (unpaired) electrons. The number of benzene rings is 2. The van der Waals surface area contributed by atoms with E-state index in [9.17, 15) is 4.79 Å². The smallest absolute Gasteiger partial charge is 0.197 e. The van der Waals surface area contributed by atoms with Gasteiger partial charge in [0.1, 0.15) is 11.6 Å². The van der Waals surface area contributed by atoms with Crippen LogP contribution in [0.4, 0.5) is 0 Å². The number of hydrogen-bond donors (Lipinski definition) is 1. The summed E-state index contributed by atoms with van der Waals surface area (Å²) in [7, 11) is 0. The summed E-state index contributed by atoms with van der Waals surface area (Å²) in [5.74, 6) is 8.62. The highest BCUT2D eigenvalue weighted by atomic mass is 16.3. The lowest BCUT2D eigenvalue weighted by Crippen LogP contribution is -1.95. The lowest BCUT2D eigenvalue weighted by Gasteiger charge is -1.97. The van der Waals surface area contributed by atoms with Gasteiger partial charge in [-0.2, -0.15) is 0 Å². The number of hydrogen-bond acceptors (Lipinski definition) is 4. The molecule has 5 heteroatoms. The Morgan fingerprint density at radius 3 is 2.74 bits per heavy atom. The average Bonchev–Trinajstić information content (AvgIpc) is 3.34. The number of aromatic amines is 1. The van der Waals surface area contributed by atoms with Gasteiger partial charge in [-0.25, -0.2) is 0 Å². The Kier molecular flexibility index (Phi) is 4.54. The standard InChI is InChI=1S/C22H17N3O2/c1-15(26)6-13-21-23-22(25-24-21)20-12-11-19(27-20)10-8-16-7-9-17-4-2-3-5-18(17)14-16/h2-5,7,9,11-12,14H,6,13H2,1H3,(H,23,24,25). The van der Waals surface area contributed by atoms with Crippen molar-refractivity contribution in [3.8, 4) is 23.4 Å². The second kappa shape index (κ2) is 7.30. The first-order valence-corrected chi connectivity index (χ1v) is 8.69. The van der Waals surface area contributed by atoms with Gasteiger partial charge in [0.05, 0.1) is 0 Å². The average molecular weight is 355 g/mol. The highest BCUT2D eigenvalue weighted by molar-refractivity contribution is 5.83. The first-order valence-electron chi connectivity index (χ1n) is 8.69. The second-order valence-electron chi connectivity index (χ2n) is 6.30. The van der Waals surface area contributed by atoms with Gasteiger partial charge in [-0.15, -0.1) is 10.2 Å². The molecule has 132 valence electrons. The molecule has 27 heavy (non-hydrogen) atoms. The number of aryl methyl sites for hydroxylation is 1. The molecule has 0 spiro atoms. The van der Waals surface area contributed by atoms with Gasteiger partial charge in [0.25, 0.3) is 0 Å². The summed E-state index contributed by atoms with van der Waals surface area (Å²) in [5.41, 5.74) is 0.929. The predicted molar refractivity (Wildman–Crippen MR) is 103 cm³/mol. The molecule has 0 saturated carbocycles.